The highest BCUT2D eigenvalue weighted by molar-refractivity contribution is 5.50. The molecule has 0 aromatic heterocycles. The molecule has 0 spiro atoms. The zero-order chi connectivity index (χ0) is 15.4. The molecule has 0 aliphatic carbocycles. The van der Waals surface area contributed by atoms with Gasteiger partial charge in [0, 0.05) is 31.0 Å². The third kappa shape index (κ3) is 3.62. The van der Waals surface area contributed by atoms with E-state index in [4.69, 9.17) is 0 Å². The molecule has 2 nitrogen and oxygen atoms in total. The lowest BCUT2D eigenvalue weighted by molar-refractivity contribution is 0.867. The molecule has 1 aliphatic rings. The van der Waals surface area contributed by atoms with Crippen LogP contribution in [0.4, 0.5) is 11.4 Å². The fourth-order valence-electron chi connectivity index (χ4n) is 2.99. The second-order valence-electron chi connectivity index (χ2n) is 6.49. The first-order valence-electron chi connectivity index (χ1n) is 8.40. The summed E-state index contributed by atoms with van der Waals surface area (Å²) in [5.41, 5.74) is 5.27. The molecule has 1 N–H and O–H groups in total. The zero-order valence-corrected chi connectivity index (χ0v) is 13.7. The second kappa shape index (κ2) is 6.87. The summed E-state index contributed by atoms with van der Waals surface area (Å²) >= 11 is 0. The van der Waals surface area contributed by atoms with Crippen LogP contribution in [0.3, 0.4) is 0 Å². The van der Waals surface area contributed by atoms with Gasteiger partial charge in [-0.05, 0) is 54.2 Å². The van der Waals surface area contributed by atoms with E-state index in [0.717, 1.165) is 6.54 Å². The summed E-state index contributed by atoms with van der Waals surface area (Å²) in [6.07, 6.45) is 2.66. The summed E-state index contributed by atoms with van der Waals surface area (Å²) in [5.74, 6) is 0.590. The van der Waals surface area contributed by atoms with Crippen LogP contribution in [0.25, 0.3) is 0 Å². The SMILES string of the molecule is CC(C)c1ccc(NCc2ccc(N3CCCC3)cc2)cc1. The quantitative estimate of drug-likeness (QED) is 0.832. The third-order valence-electron chi connectivity index (χ3n) is 4.48. The lowest BCUT2D eigenvalue weighted by atomic mass is 10.0. The van der Waals surface area contributed by atoms with Gasteiger partial charge in [0.15, 0.2) is 0 Å². The molecule has 116 valence electrons. The highest BCUT2D eigenvalue weighted by atomic mass is 15.1. The normalized spacial score (nSPS) is 14.6. The number of nitrogens with one attached hydrogen (secondary N) is 1. The van der Waals surface area contributed by atoms with Gasteiger partial charge in [-0.25, -0.2) is 0 Å². The topological polar surface area (TPSA) is 15.3 Å². The van der Waals surface area contributed by atoms with Crippen molar-refractivity contribution in [2.45, 2.75) is 39.2 Å². The van der Waals surface area contributed by atoms with Crippen molar-refractivity contribution >= 4 is 11.4 Å². The van der Waals surface area contributed by atoms with E-state index in [0.29, 0.717) is 5.92 Å². The van der Waals surface area contributed by atoms with E-state index in [1.807, 2.05) is 0 Å². The Morgan fingerprint density at radius 1 is 0.909 bits per heavy atom. The fraction of sp³-hybridized carbons (Fsp3) is 0.400. The molecule has 1 aliphatic heterocycles. The van der Waals surface area contributed by atoms with Gasteiger partial charge >= 0.3 is 0 Å². The first-order valence-corrected chi connectivity index (χ1v) is 8.40. The molecule has 0 atom stereocenters. The number of rotatable bonds is 5. The molecule has 0 bridgehead atoms. The summed E-state index contributed by atoms with van der Waals surface area (Å²) in [6, 6.07) is 17.8. The van der Waals surface area contributed by atoms with Crippen molar-refractivity contribution in [1.29, 1.82) is 0 Å². The summed E-state index contributed by atoms with van der Waals surface area (Å²) in [7, 11) is 0. The number of nitrogens with zero attached hydrogens (tertiary/aromatic N) is 1. The van der Waals surface area contributed by atoms with Gasteiger partial charge in [-0.1, -0.05) is 38.1 Å². The highest BCUT2D eigenvalue weighted by Crippen LogP contribution is 2.21. The molecule has 0 amide bonds. The largest absolute Gasteiger partial charge is 0.381 e. The van der Waals surface area contributed by atoms with Crippen molar-refractivity contribution in [2.24, 2.45) is 0 Å². The fourth-order valence-corrected chi connectivity index (χ4v) is 2.99. The Labute approximate surface area is 134 Å². The van der Waals surface area contributed by atoms with Crippen molar-refractivity contribution in [3.05, 3.63) is 59.7 Å². The molecule has 1 heterocycles. The Morgan fingerprint density at radius 3 is 2.14 bits per heavy atom. The van der Waals surface area contributed by atoms with Crippen molar-refractivity contribution in [1.82, 2.24) is 0 Å². The van der Waals surface area contributed by atoms with Gasteiger partial charge in [0.1, 0.15) is 0 Å². The van der Waals surface area contributed by atoms with Crippen LogP contribution in [0.2, 0.25) is 0 Å². The maximum atomic E-state index is 3.50. The van der Waals surface area contributed by atoms with Crippen molar-refractivity contribution in [2.75, 3.05) is 23.3 Å². The molecule has 2 heteroatoms. The molecule has 1 saturated heterocycles. The van der Waals surface area contributed by atoms with E-state index in [2.05, 4.69) is 72.6 Å². The minimum Gasteiger partial charge on any atom is -0.381 e. The Kier molecular flexibility index (Phi) is 4.67. The minimum atomic E-state index is 0.590. The Morgan fingerprint density at radius 2 is 1.55 bits per heavy atom. The van der Waals surface area contributed by atoms with Crippen LogP contribution in [0.15, 0.2) is 48.5 Å². The van der Waals surface area contributed by atoms with Gasteiger partial charge in [-0.15, -0.1) is 0 Å². The van der Waals surface area contributed by atoms with Crippen LogP contribution < -0.4 is 10.2 Å². The van der Waals surface area contributed by atoms with E-state index in [1.165, 1.54) is 48.4 Å². The first-order chi connectivity index (χ1) is 10.7. The highest BCUT2D eigenvalue weighted by Gasteiger charge is 2.11. The smallest absolute Gasteiger partial charge is 0.0400 e. The van der Waals surface area contributed by atoms with Gasteiger partial charge in [0.05, 0.1) is 0 Å². The molecular weight excluding hydrogens is 268 g/mol. The van der Waals surface area contributed by atoms with Crippen molar-refractivity contribution < 1.29 is 0 Å². The molecule has 0 saturated carbocycles. The number of anilines is 2. The predicted molar refractivity (Wildman–Crippen MR) is 95.7 cm³/mol. The molecule has 3 rings (SSSR count). The van der Waals surface area contributed by atoms with Crippen LogP contribution in [0.1, 0.15) is 43.7 Å². The van der Waals surface area contributed by atoms with Crippen LogP contribution in [0.5, 0.6) is 0 Å². The Bertz CT molecular complexity index is 578. The Hall–Kier alpha value is -1.96. The van der Waals surface area contributed by atoms with E-state index < -0.39 is 0 Å². The lowest BCUT2D eigenvalue weighted by Crippen LogP contribution is -2.17. The van der Waals surface area contributed by atoms with Crippen molar-refractivity contribution in [3.8, 4) is 0 Å². The van der Waals surface area contributed by atoms with Gasteiger partial charge in [0.2, 0.25) is 0 Å². The predicted octanol–water partition coefficient (Wildman–Crippen LogP) is 5.02. The standard InChI is InChI=1S/C20H26N2/c1-16(2)18-7-9-19(10-8-18)21-15-17-5-11-20(12-6-17)22-13-3-4-14-22/h5-12,16,21H,3-4,13-15H2,1-2H3. The lowest BCUT2D eigenvalue weighted by Gasteiger charge is -2.18. The van der Waals surface area contributed by atoms with Gasteiger partial charge in [-0.3, -0.25) is 0 Å². The Balaban J connectivity index is 1.56. The van der Waals surface area contributed by atoms with E-state index in [1.54, 1.807) is 0 Å². The molecular formula is C20H26N2. The minimum absolute atomic E-state index is 0.590. The molecule has 2 aromatic carbocycles. The van der Waals surface area contributed by atoms with Crippen LogP contribution in [-0.2, 0) is 6.54 Å². The maximum Gasteiger partial charge on any atom is 0.0400 e. The molecule has 1 fully saturated rings. The summed E-state index contributed by atoms with van der Waals surface area (Å²) < 4.78 is 0. The molecule has 2 aromatic rings. The van der Waals surface area contributed by atoms with E-state index >= 15 is 0 Å². The third-order valence-corrected chi connectivity index (χ3v) is 4.48. The van der Waals surface area contributed by atoms with Gasteiger partial charge in [0.25, 0.3) is 0 Å². The number of hydrogen-bond donors (Lipinski definition) is 1. The second-order valence-corrected chi connectivity index (χ2v) is 6.49. The summed E-state index contributed by atoms with van der Waals surface area (Å²) in [4.78, 5) is 2.47. The van der Waals surface area contributed by atoms with Gasteiger partial charge in [-0.2, -0.15) is 0 Å². The van der Waals surface area contributed by atoms with E-state index in [-0.39, 0.29) is 0 Å². The molecule has 0 unspecified atom stereocenters. The van der Waals surface area contributed by atoms with Crippen molar-refractivity contribution in [3.63, 3.8) is 0 Å². The van der Waals surface area contributed by atoms with Crippen LogP contribution >= 0.6 is 0 Å². The summed E-state index contributed by atoms with van der Waals surface area (Å²) in [6.45, 7) is 7.75. The van der Waals surface area contributed by atoms with Gasteiger partial charge < -0.3 is 10.2 Å². The van der Waals surface area contributed by atoms with Crippen LogP contribution in [-0.4, -0.2) is 13.1 Å². The number of benzene rings is 2. The zero-order valence-electron chi connectivity index (χ0n) is 13.7. The molecule has 0 radical (unpaired) electrons. The van der Waals surface area contributed by atoms with E-state index in [9.17, 15) is 0 Å². The average Bonchev–Trinajstić information content (AvgIpc) is 3.08. The average molecular weight is 294 g/mol. The monoisotopic (exact) mass is 294 g/mol. The summed E-state index contributed by atoms with van der Waals surface area (Å²) in [5, 5.41) is 3.50. The number of hydrogen-bond acceptors (Lipinski definition) is 2. The maximum absolute atomic E-state index is 3.50. The first kappa shape index (κ1) is 15.0. The molecule has 22 heavy (non-hydrogen) atoms. The van der Waals surface area contributed by atoms with Crippen LogP contribution in [0, 0.1) is 0 Å².